The summed E-state index contributed by atoms with van der Waals surface area (Å²) < 4.78 is 4.59. The maximum atomic E-state index is 10.8. The van der Waals surface area contributed by atoms with Crippen LogP contribution in [0.4, 0.5) is 0 Å². The summed E-state index contributed by atoms with van der Waals surface area (Å²) in [6.45, 7) is 4.25. The number of hydrogen-bond donors (Lipinski definition) is 0. The zero-order chi connectivity index (χ0) is 8.69. The summed E-state index contributed by atoms with van der Waals surface area (Å²) in [5, 5.41) is 0. The zero-order valence-corrected chi connectivity index (χ0v) is 7.72. The Balaban J connectivity index is 3.58. The SMILES string of the molecule is CCCC(CC)CC(=O)OC. The second kappa shape index (κ2) is 6.20. The molecule has 0 fully saturated rings. The molecule has 66 valence electrons. The third-order valence-corrected chi connectivity index (χ3v) is 1.96. The Hall–Kier alpha value is -0.530. The van der Waals surface area contributed by atoms with Crippen LogP contribution >= 0.6 is 0 Å². The standard InChI is InChI=1S/C9H18O2/c1-4-6-8(5-2)7-9(10)11-3/h8H,4-7H2,1-3H3. The molecule has 0 spiro atoms. The number of carbonyl (C=O) groups is 1. The predicted molar refractivity (Wildman–Crippen MR) is 45.3 cm³/mol. The number of esters is 1. The second-order valence-corrected chi connectivity index (χ2v) is 2.84. The van der Waals surface area contributed by atoms with E-state index in [0.29, 0.717) is 12.3 Å². The highest BCUT2D eigenvalue weighted by atomic mass is 16.5. The highest BCUT2D eigenvalue weighted by Crippen LogP contribution is 2.15. The van der Waals surface area contributed by atoms with Crippen molar-refractivity contribution in [1.82, 2.24) is 0 Å². The molecule has 0 aromatic heterocycles. The van der Waals surface area contributed by atoms with E-state index >= 15 is 0 Å². The zero-order valence-electron chi connectivity index (χ0n) is 7.72. The first-order valence-corrected chi connectivity index (χ1v) is 4.31. The van der Waals surface area contributed by atoms with E-state index in [0.717, 1.165) is 19.3 Å². The van der Waals surface area contributed by atoms with Gasteiger partial charge in [0, 0.05) is 6.42 Å². The van der Waals surface area contributed by atoms with Gasteiger partial charge >= 0.3 is 5.97 Å². The lowest BCUT2D eigenvalue weighted by molar-refractivity contribution is -0.141. The van der Waals surface area contributed by atoms with E-state index in [4.69, 9.17) is 0 Å². The maximum absolute atomic E-state index is 10.8. The molecule has 0 rings (SSSR count). The quantitative estimate of drug-likeness (QED) is 0.574. The van der Waals surface area contributed by atoms with E-state index in [1.165, 1.54) is 7.11 Å². The van der Waals surface area contributed by atoms with Gasteiger partial charge in [0.25, 0.3) is 0 Å². The number of hydrogen-bond acceptors (Lipinski definition) is 2. The van der Waals surface area contributed by atoms with Gasteiger partial charge in [-0.1, -0.05) is 33.1 Å². The van der Waals surface area contributed by atoms with Crippen LogP contribution in [0, 0.1) is 5.92 Å². The van der Waals surface area contributed by atoms with Crippen LogP contribution in [-0.4, -0.2) is 13.1 Å². The molecule has 0 aromatic carbocycles. The summed E-state index contributed by atoms with van der Waals surface area (Å²) in [4.78, 5) is 10.8. The van der Waals surface area contributed by atoms with Crippen LogP contribution in [0.15, 0.2) is 0 Å². The normalized spacial score (nSPS) is 12.6. The molecule has 0 aliphatic rings. The first-order valence-electron chi connectivity index (χ1n) is 4.31. The molecule has 2 heteroatoms. The third-order valence-electron chi connectivity index (χ3n) is 1.96. The van der Waals surface area contributed by atoms with Gasteiger partial charge in [0.05, 0.1) is 7.11 Å². The van der Waals surface area contributed by atoms with Crippen LogP contribution in [0.1, 0.15) is 39.5 Å². The molecular weight excluding hydrogens is 140 g/mol. The van der Waals surface area contributed by atoms with Crippen LogP contribution in [0.2, 0.25) is 0 Å². The van der Waals surface area contributed by atoms with Crippen molar-refractivity contribution in [2.45, 2.75) is 39.5 Å². The fraction of sp³-hybridized carbons (Fsp3) is 0.889. The van der Waals surface area contributed by atoms with Crippen molar-refractivity contribution in [3.8, 4) is 0 Å². The predicted octanol–water partition coefficient (Wildman–Crippen LogP) is 2.38. The van der Waals surface area contributed by atoms with Crippen molar-refractivity contribution in [3.05, 3.63) is 0 Å². The molecule has 1 atom stereocenters. The molecule has 0 saturated carbocycles. The van der Waals surface area contributed by atoms with E-state index in [2.05, 4.69) is 18.6 Å². The van der Waals surface area contributed by atoms with Gasteiger partial charge in [-0.2, -0.15) is 0 Å². The fourth-order valence-electron chi connectivity index (χ4n) is 1.18. The monoisotopic (exact) mass is 158 g/mol. The summed E-state index contributed by atoms with van der Waals surface area (Å²) in [5.41, 5.74) is 0. The second-order valence-electron chi connectivity index (χ2n) is 2.84. The van der Waals surface area contributed by atoms with Crippen molar-refractivity contribution in [2.75, 3.05) is 7.11 Å². The fourth-order valence-corrected chi connectivity index (χ4v) is 1.18. The molecule has 1 unspecified atom stereocenters. The lowest BCUT2D eigenvalue weighted by atomic mass is 9.97. The van der Waals surface area contributed by atoms with E-state index < -0.39 is 0 Å². The first kappa shape index (κ1) is 10.5. The molecule has 0 amide bonds. The Kier molecular flexibility index (Phi) is 5.90. The Labute approximate surface area is 68.9 Å². The van der Waals surface area contributed by atoms with Crippen LogP contribution < -0.4 is 0 Å². The van der Waals surface area contributed by atoms with E-state index in [1.807, 2.05) is 0 Å². The minimum atomic E-state index is -0.0784. The molecule has 0 N–H and O–H groups in total. The summed E-state index contributed by atoms with van der Waals surface area (Å²) in [5.74, 6) is 0.442. The molecule has 0 aliphatic carbocycles. The highest BCUT2D eigenvalue weighted by molar-refractivity contribution is 5.69. The molecular formula is C9H18O2. The maximum Gasteiger partial charge on any atom is 0.305 e. The average molecular weight is 158 g/mol. The largest absolute Gasteiger partial charge is 0.469 e. The summed E-state index contributed by atoms with van der Waals surface area (Å²) >= 11 is 0. The molecule has 0 saturated heterocycles. The van der Waals surface area contributed by atoms with Crippen molar-refractivity contribution in [1.29, 1.82) is 0 Å². The molecule has 0 aliphatic heterocycles. The lowest BCUT2D eigenvalue weighted by Gasteiger charge is -2.10. The Morgan fingerprint density at radius 2 is 2.09 bits per heavy atom. The van der Waals surface area contributed by atoms with Gasteiger partial charge in [0.2, 0.25) is 0 Å². The molecule has 0 aromatic rings. The number of methoxy groups -OCH3 is 1. The van der Waals surface area contributed by atoms with E-state index in [9.17, 15) is 4.79 Å². The van der Waals surface area contributed by atoms with Crippen LogP contribution in [0.25, 0.3) is 0 Å². The Morgan fingerprint density at radius 3 is 2.45 bits per heavy atom. The smallest absolute Gasteiger partial charge is 0.305 e. The van der Waals surface area contributed by atoms with Crippen LogP contribution in [-0.2, 0) is 9.53 Å². The van der Waals surface area contributed by atoms with Crippen molar-refractivity contribution >= 4 is 5.97 Å². The average Bonchev–Trinajstić information content (AvgIpc) is 2.03. The first-order chi connectivity index (χ1) is 5.24. The molecule has 0 bridgehead atoms. The van der Waals surface area contributed by atoms with Crippen LogP contribution in [0.3, 0.4) is 0 Å². The van der Waals surface area contributed by atoms with Gasteiger partial charge in [-0.05, 0) is 5.92 Å². The lowest BCUT2D eigenvalue weighted by Crippen LogP contribution is -2.08. The van der Waals surface area contributed by atoms with E-state index in [1.54, 1.807) is 0 Å². The topological polar surface area (TPSA) is 26.3 Å². The van der Waals surface area contributed by atoms with Gasteiger partial charge in [-0.25, -0.2) is 0 Å². The van der Waals surface area contributed by atoms with Gasteiger partial charge in [-0.3, -0.25) is 4.79 Å². The molecule has 2 nitrogen and oxygen atoms in total. The molecule has 0 heterocycles. The van der Waals surface area contributed by atoms with Crippen LogP contribution in [0.5, 0.6) is 0 Å². The van der Waals surface area contributed by atoms with Gasteiger partial charge in [0.15, 0.2) is 0 Å². The number of ether oxygens (including phenoxy) is 1. The number of rotatable bonds is 5. The minimum Gasteiger partial charge on any atom is -0.469 e. The summed E-state index contributed by atoms with van der Waals surface area (Å²) in [6, 6.07) is 0. The summed E-state index contributed by atoms with van der Waals surface area (Å²) in [6.07, 6.45) is 3.94. The third kappa shape index (κ3) is 4.82. The van der Waals surface area contributed by atoms with Crippen molar-refractivity contribution < 1.29 is 9.53 Å². The molecule has 11 heavy (non-hydrogen) atoms. The number of carbonyl (C=O) groups excluding carboxylic acids is 1. The van der Waals surface area contributed by atoms with E-state index in [-0.39, 0.29) is 5.97 Å². The summed E-state index contributed by atoms with van der Waals surface area (Å²) in [7, 11) is 1.45. The Bertz CT molecular complexity index is 110. The van der Waals surface area contributed by atoms with Gasteiger partial charge in [-0.15, -0.1) is 0 Å². The molecule has 0 radical (unpaired) electrons. The van der Waals surface area contributed by atoms with Gasteiger partial charge in [0.1, 0.15) is 0 Å². The van der Waals surface area contributed by atoms with Crippen molar-refractivity contribution in [2.24, 2.45) is 5.92 Å². The minimum absolute atomic E-state index is 0.0784. The van der Waals surface area contributed by atoms with Crippen molar-refractivity contribution in [3.63, 3.8) is 0 Å². The highest BCUT2D eigenvalue weighted by Gasteiger charge is 2.10. The Morgan fingerprint density at radius 1 is 1.45 bits per heavy atom. The van der Waals surface area contributed by atoms with Gasteiger partial charge < -0.3 is 4.74 Å².